The van der Waals surface area contributed by atoms with Gasteiger partial charge < -0.3 is 14.4 Å². The fourth-order valence-corrected chi connectivity index (χ4v) is 1.54. The number of aromatic nitrogens is 1. The van der Waals surface area contributed by atoms with Crippen LogP contribution in [0.2, 0.25) is 0 Å². The van der Waals surface area contributed by atoms with E-state index >= 15 is 0 Å². The van der Waals surface area contributed by atoms with Crippen LogP contribution in [-0.2, 0) is 11.3 Å². The maximum absolute atomic E-state index is 10.8. The van der Waals surface area contributed by atoms with E-state index in [9.17, 15) is 4.79 Å². The Labute approximate surface area is 83.1 Å². The van der Waals surface area contributed by atoms with Crippen molar-refractivity contribution in [3.63, 3.8) is 0 Å². The summed E-state index contributed by atoms with van der Waals surface area (Å²) < 4.78 is 6.91. The molecule has 0 aromatic carbocycles. The lowest BCUT2D eigenvalue weighted by Gasteiger charge is -2.07. The zero-order valence-corrected chi connectivity index (χ0v) is 8.70. The van der Waals surface area contributed by atoms with E-state index in [1.807, 2.05) is 18.4 Å². The number of hydrogen-bond acceptors (Lipinski definition) is 2. The molecule has 1 aromatic heterocycles. The molecule has 0 fully saturated rings. The van der Waals surface area contributed by atoms with Crippen LogP contribution in [0.1, 0.15) is 21.7 Å². The number of carboxylic acid groups (broad SMARTS) is 1. The number of methoxy groups -OCH3 is 1. The third kappa shape index (κ3) is 1.96. The van der Waals surface area contributed by atoms with Gasteiger partial charge in [0.15, 0.2) is 0 Å². The molecule has 4 nitrogen and oxygen atoms in total. The maximum Gasteiger partial charge on any atom is 0.337 e. The highest BCUT2D eigenvalue weighted by atomic mass is 16.5. The van der Waals surface area contributed by atoms with Gasteiger partial charge in [0, 0.05) is 25.0 Å². The molecule has 0 radical (unpaired) electrons. The molecule has 1 N–H and O–H groups in total. The number of nitrogens with zero attached hydrogens (tertiary/aromatic N) is 1. The minimum Gasteiger partial charge on any atom is -0.478 e. The lowest BCUT2D eigenvalue weighted by atomic mass is 10.2. The molecule has 14 heavy (non-hydrogen) atoms. The van der Waals surface area contributed by atoms with Crippen molar-refractivity contribution >= 4 is 5.97 Å². The Morgan fingerprint density at radius 2 is 2.21 bits per heavy atom. The Hall–Kier alpha value is -1.29. The van der Waals surface area contributed by atoms with Crippen molar-refractivity contribution in [3.8, 4) is 0 Å². The van der Waals surface area contributed by atoms with Crippen molar-refractivity contribution in [2.75, 3.05) is 13.7 Å². The van der Waals surface area contributed by atoms with Gasteiger partial charge in [-0.2, -0.15) is 0 Å². The minimum absolute atomic E-state index is 0.374. The van der Waals surface area contributed by atoms with E-state index in [4.69, 9.17) is 9.84 Å². The van der Waals surface area contributed by atoms with Gasteiger partial charge in [-0.1, -0.05) is 0 Å². The van der Waals surface area contributed by atoms with Crippen molar-refractivity contribution in [1.29, 1.82) is 0 Å². The predicted octanol–water partition coefficient (Wildman–Crippen LogP) is 1.45. The van der Waals surface area contributed by atoms with Gasteiger partial charge in [-0.05, 0) is 19.9 Å². The molecule has 1 rings (SSSR count). The first-order valence-corrected chi connectivity index (χ1v) is 4.47. The summed E-state index contributed by atoms with van der Waals surface area (Å²) in [6.45, 7) is 5.00. The van der Waals surface area contributed by atoms with Crippen LogP contribution in [0.25, 0.3) is 0 Å². The average molecular weight is 197 g/mol. The molecule has 0 saturated heterocycles. The van der Waals surface area contributed by atoms with Crippen molar-refractivity contribution in [2.45, 2.75) is 20.4 Å². The molecule has 0 spiro atoms. The standard InChI is InChI=1S/C10H15NO3/c1-7-6-9(10(12)13)8(2)11(7)4-5-14-3/h6H,4-5H2,1-3H3,(H,12,13). The van der Waals surface area contributed by atoms with E-state index in [1.165, 1.54) is 0 Å². The summed E-state index contributed by atoms with van der Waals surface area (Å²) in [5.74, 6) is -0.873. The van der Waals surface area contributed by atoms with Crippen molar-refractivity contribution < 1.29 is 14.6 Å². The number of rotatable bonds is 4. The van der Waals surface area contributed by atoms with Crippen LogP contribution in [0.5, 0.6) is 0 Å². The second-order valence-corrected chi connectivity index (χ2v) is 3.23. The zero-order chi connectivity index (χ0) is 10.7. The Balaban J connectivity index is 2.99. The number of carboxylic acids is 1. The van der Waals surface area contributed by atoms with Crippen LogP contribution in [0.15, 0.2) is 6.07 Å². The van der Waals surface area contributed by atoms with Crippen LogP contribution < -0.4 is 0 Å². The van der Waals surface area contributed by atoms with Gasteiger partial charge in [-0.25, -0.2) is 4.79 Å². The monoisotopic (exact) mass is 197 g/mol. The molecule has 0 bridgehead atoms. The molecule has 0 amide bonds. The van der Waals surface area contributed by atoms with Crippen LogP contribution in [0.4, 0.5) is 0 Å². The average Bonchev–Trinajstić information content (AvgIpc) is 2.40. The predicted molar refractivity (Wildman–Crippen MR) is 52.7 cm³/mol. The van der Waals surface area contributed by atoms with E-state index in [1.54, 1.807) is 13.2 Å². The summed E-state index contributed by atoms with van der Waals surface area (Å²) in [6.07, 6.45) is 0. The number of hydrogen-bond donors (Lipinski definition) is 1. The lowest BCUT2D eigenvalue weighted by molar-refractivity contribution is 0.0696. The van der Waals surface area contributed by atoms with Gasteiger partial charge in [-0.3, -0.25) is 0 Å². The second-order valence-electron chi connectivity index (χ2n) is 3.23. The Kier molecular flexibility index (Phi) is 3.30. The summed E-state index contributed by atoms with van der Waals surface area (Å²) in [5, 5.41) is 8.88. The van der Waals surface area contributed by atoms with Crippen LogP contribution >= 0.6 is 0 Å². The first-order chi connectivity index (χ1) is 6.57. The maximum atomic E-state index is 10.8. The summed E-state index contributed by atoms with van der Waals surface area (Å²) in [6, 6.07) is 1.69. The topological polar surface area (TPSA) is 51.5 Å². The zero-order valence-electron chi connectivity index (χ0n) is 8.70. The molecule has 0 atom stereocenters. The highest BCUT2D eigenvalue weighted by molar-refractivity contribution is 5.89. The molecule has 0 aliphatic carbocycles. The molecule has 1 heterocycles. The van der Waals surface area contributed by atoms with Crippen LogP contribution in [0.3, 0.4) is 0 Å². The molecule has 0 aliphatic rings. The summed E-state index contributed by atoms with van der Waals surface area (Å²) in [5.41, 5.74) is 2.11. The minimum atomic E-state index is -0.873. The van der Waals surface area contributed by atoms with Gasteiger partial charge in [0.05, 0.1) is 12.2 Å². The Bertz CT molecular complexity index is 341. The van der Waals surface area contributed by atoms with Crippen molar-refractivity contribution in [1.82, 2.24) is 4.57 Å². The van der Waals surface area contributed by atoms with E-state index in [0.717, 1.165) is 11.4 Å². The quantitative estimate of drug-likeness (QED) is 0.794. The smallest absolute Gasteiger partial charge is 0.337 e. The number of carbonyl (C=O) groups is 1. The number of aromatic carboxylic acids is 1. The largest absolute Gasteiger partial charge is 0.478 e. The number of aryl methyl sites for hydroxylation is 1. The molecule has 1 aromatic rings. The fourth-order valence-electron chi connectivity index (χ4n) is 1.54. The fraction of sp³-hybridized carbons (Fsp3) is 0.500. The first kappa shape index (κ1) is 10.8. The molecule has 0 saturated carbocycles. The normalized spacial score (nSPS) is 10.5. The highest BCUT2D eigenvalue weighted by Crippen LogP contribution is 2.14. The third-order valence-electron chi connectivity index (χ3n) is 2.32. The highest BCUT2D eigenvalue weighted by Gasteiger charge is 2.13. The number of ether oxygens (including phenoxy) is 1. The van der Waals surface area contributed by atoms with Gasteiger partial charge >= 0.3 is 5.97 Å². The molecular weight excluding hydrogens is 182 g/mol. The van der Waals surface area contributed by atoms with Crippen LogP contribution in [0, 0.1) is 13.8 Å². The molecule has 78 valence electrons. The van der Waals surface area contributed by atoms with Gasteiger partial charge in [0.25, 0.3) is 0 Å². The molecule has 0 aliphatic heterocycles. The third-order valence-corrected chi connectivity index (χ3v) is 2.32. The SMILES string of the molecule is COCCn1c(C)cc(C(=O)O)c1C. The molecule has 0 unspecified atom stereocenters. The lowest BCUT2D eigenvalue weighted by Crippen LogP contribution is -2.08. The molecule has 4 heteroatoms. The summed E-state index contributed by atoms with van der Waals surface area (Å²) >= 11 is 0. The van der Waals surface area contributed by atoms with E-state index < -0.39 is 5.97 Å². The Morgan fingerprint density at radius 1 is 1.57 bits per heavy atom. The van der Waals surface area contributed by atoms with E-state index in [-0.39, 0.29) is 0 Å². The first-order valence-electron chi connectivity index (χ1n) is 4.47. The van der Waals surface area contributed by atoms with Crippen molar-refractivity contribution in [3.05, 3.63) is 23.0 Å². The second kappa shape index (κ2) is 4.28. The van der Waals surface area contributed by atoms with Gasteiger partial charge in [-0.15, -0.1) is 0 Å². The van der Waals surface area contributed by atoms with Gasteiger partial charge in [0.1, 0.15) is 0 Å². The summed E-state index contributed by atoms with van der Waals surface area (Å²) in [7, 11) is 1.63. The Morgan fingerprint density at radius 3 is 2.64 bits per heavy atom. The van der Waals surface area contributed by atoms with Gasteiger partial charge in [0.2, 0.25) is 0 Å². The van der Waals surface area contributed by atoms with E-state index in [2.05, 4.69) is 0 Å². The summed E-state index contributed by atoms with van der Waals surface area (Å²) in [4.78, 5) is 10.8. The molecular formula is C10H15NO3. The van der Waals surface area contributed by atoms with Crippen molar-refractivity contribution in [2.24, 2.45) is 0 Å². The van der Waals surface area contributed by atoms with Crippen LogP contribution in [-0.4, -0.2) is 29.4 Å². The van der Waals surface area contributed by atoms with E-state index in [0.29, 0.717) is 18.7 Å².